The smallest absolute Gasteiger partial charge is 0.410 e. The van der Waals surface area contributed by atoms with Crippen LogP contribution >= 0.6 is 23.2 Å². The van der Waals surface area contributed by atoms with E-state index in [2.05, 4.69) is 21.3 Å². The SMILES string of the molecule is Cc1cc(C)c(OCC2OC(Oc3c4cc5cc3Oc3ccc(cc3Cl)[C@@H](O)[C@H]3NC(=O)[C@H](CC(=O)[C@@H]5NC(=O)[C@H](CC(N)=O)CC(=O)[C@H](NC(=O)[C@@H](CC(C)C)N(C)C(=O)OC(C)(C)C)[C@H](O)c5ccc(c(Cl)c5)O4)c4ccc(O)c(c4)-c4c(O)cc(O)cc4[C@@H](C(=O)CC4C5CC6CC(C5)CC4C6)NC3=O)C(O)C(O)C2O)c(C)c1. The van der Waals surface area contributed by atoms with Crippen molar-refractivity contribution in [3.8, 4) is 62.9 Å². The number of nitrogens with two attached hydrogens (primary N) is 1. The van der Waals surface area contributed by atoms with E-state index in [9.17, 15) is 55.2 Å². The number of nitrogens with one attached hydrogen (secondary N) is 4. The number of rotatable bonds is 15. The number of aliphatic hydroxyl groups is 5. The number of fused-ring (bicyclic) bond motifs is 15. The summed E-state index contributed by atoms with van der Waals surface area (Å²) < 4.78 is 38.3. The molecular formula is C86H98Cl2N6O23. The summed E-state index contributed by atoms with van der Waals surface area (Å²) in [6, 6.07) is 9.49. The summed E-state index contributed by atoms with van der Waals surface area (Å²) in [5, 5.41) is 106. The molecule has 4 aliphatic carbocycles. The topological polar surface area (TPSA) is 448 Å². The fourth-order valence-electron chi connectivity index (χ4n) is 18.1. The molecule has 29 nitrogen and oxygen atoms in total. The Labute approximate surface area is 684 Å². The molecule has 6 aromatic rings. The third kappa shape index (κ3) is 18.2. The van der Waals surface area contributed by atoms with Crippen LogP contribution < -0.4 is 45.9 Å². The van der Waals surface area contributed by atoms with Crippen LogP contribution in [0.4, 0.5) is 4.79 Å². The Morgan fingerprint density at radius 2 is 1.26 bits per heavy atom. The van der Waals surface area contributed by atoms with Gasteiger partial charge in [0, 0.05) is 49.9 Å². The molecule has 6 amide bonds. The quantitative estimate of drug-likeness (QED) is 0.0455. The van der Waals surface area contributed by atoms with Crippen molar-refractivity contribution >= 4 is 76.2 Å². The molecule has 624 valence electrons. The monoisotopic (exact) mass is 1650 g/mol. The van der Waals surface area contributed by atoms with Gasteiger partial charge in [-0.1, -0.05) is 72.9 Å². The maximum absolute atomic E-state index is 16.5. The molecule has 6 aromatic carbocycles. The van der Waals surface area contributed by atoms with Gasteiger partial charge in [-0.15, -0.1) is 0 Å². The first-order valence-corrected chi connectivity index (χ1v) is 40.0. The van der Waals surface area contributed by atoms with Crippen molar-refractivity contribution < 1.29 is 112 Å². The van der Waals surface area contributed by atoms with Crippen molar-refractivity contribution in [2.75, 3.05) is 13.7 Å². The van der Waals surface area contributed by atoms with Gasteiger partial charge in [0.25, 0.3) is 0 Å². The van der Waals surface area contributed by atoms with E-state index in [-0.39, 0.29) is 97.0 Å². The maximum atomic E-state index is 16.5. The third-order valence-electron chi connectivity index (χ3n) is 23.5. The van der Waals surface area contributed by atoms with E-state index in [4.69, 9.17) is 57.4 Å². The summed E-state index contributed by atoms with van der Waals surface area (Å²) in [6.07, 6.45) is -13.0. The van der Waals surface area contributed by atoms with Gasteiger partial charge in [-0.3, -0.25) is 43.3 Å². The van der Waals surface area contributed by atoms with Crippen LogP contribution in [-0.2, 0) is 47.8 Å². The second-order valence-corrected chi connectivity index (χ2v) is 34.6. The molecule has 0 spiro atoms. The molecule has 0 radical (unpaired) electrons. The van der Waals surface area contributed by atoms with E-state index in [1.807, 2.05) is 19.1 Å². The number of carbonyl (C=O) groups is 9. The van der Waals surface area contributed by atoms with E-state index in [0.29, 0.717) is 17.6 Å². The number of ether oxygens (including phenoxy) is 6. The van der Waals surface area contributed by atoms with Gasteiger partial charge in [-0.25, -0.2) is 4.79 Å². The second-order valence-electron chi connectivity index (χ2n) is 33.8. The zero-order valence-electron chi connectivity index (χ0n) is 66.0. The molecule has 5 unspecified atom stereocenters. The number of hydrogen-bond donors (Lipinski definition) is 13. The number of nitrogens with zero attached hydrogens (tertiary/aromatic N) is 1. The lowest BCUT2D eigenvalue weighted by molar-refractivity contribution is -0.276. The Kier molecular flexibility index (Phi) is 24.7. The number of aromatic hydroxyl groups is 3. The molecule has 5 fully saturated rings. The fourth-order valence-corrected chi connectivity index (χ4v) is 18.6. The fraction of sp³-hybridized carbons (Fsp3) is 0.477. The minimum absolute atomic E-state index is 0.0193. The van der Waals surface area contributed by atoms with Crippen LogP contribution in [0.25, 0.3) is 11.1 Å². The van der Waals surface area contributed by atoms with Gasteiger partial charge in [0.2, 0.25) is 41.6 Å². The third-order valence-corrected chi connectivity index (χ3v) is 24.1. The summed E-state index contributed by atoms with van der Waals surface area (Å²) in [5.41, 5.74) is 5.66. The number of aliphatic hydroxyl groups excluding tert-OH is 5. The van der Waals surface area contributed by atoms with Gasteiger partial charge in [0.05, 0.1) is 21.9 Å². The Morgan fingerprint density at radius 1 is 0.650 bits per heavy atom. The highest BCUT2D eigenvalue weighted by atomic mass is 35.5. The predicted molar refractivity (Wildman–Crippen MR) is 422 cm³/mol. The van der Waals surface area contributed by atoms with Gasteiger partial charge in [-0.2, -0.15) is 0 Å². The second kappa shape index (κ2) is 34.1. The van der Waals surface area contributed by atoms with Crippen LogP contribution in [0.2, 0.25) is 10.0 Å². The van der Waals surface area contributed by atoms with Crippen molar-refractivity contribution in [3.63, 3.8) is 0 Å². The largest absolute Gasteiger partial charge is 0.508 e. The van der Waals surface area contributed by atoms with Crippen LogP contribution in [-0.4, -0.2) is 167 Å². The number of primary amides is 1. The number of benzene rings is 6. The van der Waals surface area contributed by atoms with E-state index in [0.717, 1.165) is 90.1 Å². The summed E-state index contributed by atoms with van der Waals surface area (Å²) in [4.78, 5) is 138. The number of aryl methyl sites for hydroxylation is 3. The molecule has 31 heteroatoms. The number of likely N-dealkylation sites (N-methyl/N-ethyl adjacent to an activating group) is 1. The molecule has 10 aliphatic rings. The summed E-state index contributed by atoms with van der Waals surface area (Å²) in [6.45, 7) is 13.4. The first-order chi connectivity index (χ1) is 55.3. The Balaban J connectivity index is 0.990. The van der Waals surface area contributed by atoms with Crippen LogP contribution in [0, 0.1) is 62.2 Å². The lowest BCUT2D eigenvalue weighted by Crippen LogP contribution is -2.60. The Bertz CT molecular complexity index is 4880. The lowest BCUT2D eigenvalue weighted by Gasteiger charge is -2.54. The Hall–Kier alpha value is -10.1. The zero-order valence-corrected chi connectivity index (χ0v) is 67.5. The van der Waals surface area contributed by atoms with Gasteiger partial charge in [0.15, 0.2) is 28.8 Å². The zero-order chi connectivity index (χ0) is 84.4. The minimum Gasteiger partial charge on any atom is -0.508 e. The number of amides is 6. The number of phenols is 3. The van der Waals surface area contributed by atoms with Crippen LogP contribution in [0.15, 0.2) is 91.0 Å². The molecule has 0 aromatic heterocycles. The number of halogens is 2. The van der Waals surface area contributed by atoms with Crippen LogP contribution in [0.5, 0.6) is 51.7 Å². The maximum Gasteiger partial charge on any atom is 0.410 e. The van der Waals surface area contributed by atoms with E-state index >= 15 is 28.8 Å². The molecule has 14 atom stereocenters. The predicted octanol–water partition coefficient (Wildman–Crippen LogP) is 9.45. The number of carbonyl (C=O) groups excluding carboxylic acids is 9. The molecule has 117 heavy (non-hydrogen) atoms. The lowest BCUT2D eigenvalue weighted by atomic mass is 9.51. The molecule has 4 saturated carbocycles. The van der Waals surface area contributed by atoms with E-state index in [1.54, 1.807) is 48.5 Å². The van der Waals surface area contributed by atoms with Gasteiger partial charge < -0.3 is 96.3 Å². The van der Waals surface area contributed by atoms with Crippen molar-refractivity contribution in [1.29, 1.82) is 0 Å². The highest BCUT2D eigenvalue weighted by Gasteiger charge is 2.51. The summed E-state index contributed by atoms with van der Waals surface area (Å²) in [5.74, 6) is -15.1. The minimum atomic E-state index is -2.19. The molecule has 6 heterocycles. The average molecular weight is 1650 g/mol. The molecular weight excluding hydrogens is 1560 g/mol. The van der Waals surface area contributed by atoms with Crippen LogP contribution in [0.1, 0.15) is 174 Å². The standard InChI is InChI=1S/C86H98Cl2N6O23/c1-36(2)16-56(94(9)85(111)117-86(6,7)8)82(109)92-71-59(98)27-48(30-67(89)101)80(107)90-69-47-28-64(113-62-14-11-43(73(71)102)25-54(62)87)79(116-84-77(106)76(105)75(104)66(115-84)35-112-78-38(4)17-37(3)18-39(78)5)65(29-47)114-63-15-12-44(26-55(63)88)74(103)72-83(110)91-70(61(100)33-50-45-20-40-19-41(22-45)23-46(50)21-40)53-31-49(95)32-58(97)68(53)52-24-42(10-13-57(52)96)51(34-60(69)99)81(108)93-72/h10-15,17-18,24-26,28-29,31-32,36,40-41,45-46,48,50-51,56,66,69-77,84,95-97,102-106H,16,19-23,27,30,33-35H2,1-9H3,(H2,89,101)(H,90,107)(H,91,110)(H,92,109)(H,93,108)/t40?,41?,45?,46?,48-,50?,51+,56+,66?,69+,70-,71-,72+,73+,74+,75?,76?,77?,84?/m0/s1. The summed E-state index contributed by atoms with van der Waals surface area (Å²) in [7, 11) is 1.31. The van der Waals surface area contributed by atoms with Crippen molar-refractivity contribution in [2.24, 2.45) is 47.2 Å². The number of phenolic OH excluding ortho intramolecular Hbond substituents is 3. The molecule has 16 rings (SSSR count). The Morgan fingerprint density at radius 3 is 1.85 bits per heavy atom. The number of Topliss-reactive ketones (excluding diaryl/α,β-unsaturated/α-hetero) is 3. The van der Waals surface area contributed by atoms with Crippen molar-refractivity contribution in [3.05, 3.63) is 146 Å². The van der Waals surface area contributed by atoms with Gasteiger partial charge in [0.1, 0.15) is 114 Å². The van der Waals surface area contributed by atoms with Crippen molar-refractivity contribution in [2.45, 2.75) is 204 Å². The first kappa shape index (κ1) is 84.8. The van der Waals surface area contributed by atoms with Gasteiger partial charge >= 0.3 is 6.09 Å². The number of hydrogen-bond acceptors (Lipinski definition) is 23. The van der Waals surface area contributed by atoms with Crippen LogP contribution in [0.3, 0.4) is 0 Å². The normalized spacial score (nSPS) is 27.9. The average Bonchev–Trinajstić information content (AvgIpc) is 0.871. The molecule has 14 N–H and O–H groups in total. The van der Waals surface area contributed by atoms with E-state index < -0.39 is 204 Å². The summed E-state index contributed by atoms with van der Waals surface area (Å²) >= 11 is 14.4. The molecule has 1 saturated heterocycles. The van der Waals surface area contributed by atoms with Crippen molar-refractivity contribution in [1.82, 2.24) is 26.2 Å². The highest BCUT2D eigenvalue weighted by Crippen LogP contribution is 2.58. The molecule has 15 bridgehead atoms. The number of ketones is 3. The highest BCUT2D eigenvalue weighted by molar-refractivity contribution is 6.32. The van der Waals surface area contributed by atoms with Gasteiger partial charge in [-0.05, 0) is 209 Å². The molecule has 6 aliphatic heterocycles. The van der Waals surface area contributed by atoms with E-state index in [1.165, 1.54) is 49.5 Å². The first-order valence-electron chi connectivity index (χ1n) is 39.2.